The highest BCUT2D eigenvalue weighted by molar-refractivity contribution is 5.39. The van der Waals surface area contributed by atoms with Crippen LogP contribution in [0.3, 0.4) is 0 Å². The van der Waals surface area contributed by atoms with Crippen LogP contribution in [-0.2, 0) is 9.47 Å². The highest BCUT2D eigenvalue weighted by Gasteiger charge is 2.45. The minimum Gasteiger partial charge on any atom is -0.487 e. The van der Waals surface area contributed by atoms with Crippen LogP contribution >= 0.6 is 0 Å². The highest BCUT2D eigenvalue weighted by atomic mass is 16.5. The Bertz CT molecular complexity index is 537. The van der Waals surface area contributed by atoms with E-state index in [0.717, 1.165) is 58.0 Å². The van der Waals surface area contributed by atoms with E-state index < -0.39 is 0 Å². The van der Waals surface area contributed by atoms with Gasteiger partial charge in [0.25, 0.3) is 0 Å². The minimum absolute atomic E-state index is 0.102. The number of ether oxygens (including phenoxy) is 3. The van der Waals surface area contributed by atoms with Crippen LogP contribution in [0.25, 0.3) is 0 Å². The molecule has 2 atom stereocenters. The first kappa shape index (κ1) is 16.4. The fourth-order valence-electron chi connectivity index (χ4n) is 4.09. The van der Waals surface area contributed by atoms with Gasteiger partial charge in [0.2, 0.25) is 0 Å². The van der Waals surface area contributed by atoms with E-state index in [1.165, 1.54) is 24.8 Å². The lowest BCUT2D eigenvalue weighted by Gasteiger charge is -2.48. The normalized spacial score (nSPS) is 27.5. The number of fused-ring (bicyclic) bond motifs is 1. The summed E-state index contributed by atoms with van der Waals surface area (Å²) in [6, 6.07) is 8.93. The van der Waals surface area contributed by atoms with Crippen molar-refractivity contribution in [2.75, 3.05) is 33.0 Å². The molecular formula is C20H29NO3. The molecule has 1 saturated heterocycles. The van der Waals surface area contributed by atoms with Crippen LogP contribution in [0.5, 0.6) is 5.75 Å². The highest BCUT2D eigenvalue weighted by Crippen LogP contribution is 2.48. The molecule has 2 aliphatic heterocycles. The monoisotopic (exact) mass is 331 g/mol. The van der Waals surface area contributed by atoms with Crippen molar-refractivity contribution in [2.45, 2.75) is 50.2 Å². The quantitative estimate of drug-likeness (QED) is 0.777. The fourth-order valence-corrected chi connectivity index (χ4v) is 4.09. The van der Waals surface area contributed by atoms with Gasteiger partial charge in [0.05, 0.1) is 13.2 Å². The van der Waals surface area contributed by atoms with Crippen LogP contribution < -0.4 is 10.1 Å². The summed E-state index contributed by atoms with van der Waals surface area (Å²) in [5.41, 5.74) is 1.42. The largest absolute Gasteiger partial charge is 0.487 e. The summed E-state index contributed by atoms with van der Waals surface area (Å²) in [5.74, 6) is 1.69. The lowest BCUT2D eigenvalue weighted by atomic mass is 9.73. The molecule has 0 aromatic heterocycles. The second-order valence-corrected chi connectivity index (χ2v) is 7.55. The zero-order chi connectivity index (χ0) is 16.2. The average molecular weight is 331 g/mol. The molecule has 4 heteroatoms. The molecule has 24 heavy (non-hydrogen) atoms. The number of benzene rings is 1. The lowest BCUT2D eigenvalue weighted by molar-refractivity contribution is -0.0370. The summed E-state index contributed by atoms with van der Waals surface area (Å²) >= 11 is 0. The minimum atomic E-state index is 0.102. The van der Waals surface area contributed by atoms with Crippen LogP contribution in [-0.4, -0.2) is 38.6 Å². The van der Waals surface area contributed by atoms with Gasteiger partial charge in [-0.05, 0) is 44.7 Å². The Kier molecular flexibility index (Phi) is 5.06. The SMILES string of the molecule is c1ccc2c(c1)OC1(CCC1)C[C@H]2NCCCOC[C@H]1CCOC1. The number of nitrogens with one attached hydrogen (secondary N) is 1. The molecule has 0 bridgehead atoms. The summed E-state index contributed by atoms with van der Waals surface area (Å²) in [7, 11) is 0. The van der Waals surface area contributed by atoms with Crippen molar-refractivity contribution in [3.63, 3.8) is 0 Å². The third-order valence-corrected chi connectivity index (χ3v) is 5.70. The van der Waals surface area contributed by atoms with Gasteiger partial charge >= 0.3 is 0 Å². The van der Waals surface area contributed by atoms with Crippen molar-refractivity contribution in [1.82, 2.24) is 5.32 Å². The Balaban J connectivity index is 1.23. The zero-order valence-corrected chi connectivity index (χ0v) is 14.5. The third kappa shape index (κ3) is 3.61. The van der Waals surface area contributed by atoms with E-state index in [0.29, 0.717) is 12.0 Å². The molecule has 3 aliphatic rings. The van der Waals surface area contributed by atoms with Crippen molar-refractivity contribution in [3.05, 3.63) is 29.8 Å². The smallest absolute Gasteiger partial charge is 0.124 e. The van der Waals surface area contributed by atoms with Gasteiger partial charge in [-0.1, -0.05) is 18.2 Å². The van der Waals surface area contributed by atoms with Crippen LogP contribution in [0.15, 0.2) is 24.3 Å². The van der Waals surface area contributed by atoms with Crippen LogP contribution in [0.4, 0.5) is 0 Å². The fraction of sp³-hybridized carbons (Fsp3) is 0.700. The first-order valence-electron chi connectivity index (χ1n) is 9.51. The molecule has 1 saturated carbocycles. The maximum absolute atomic E-state index is 6.31. The molecule has 1 N–H and O–H groups in total. The first-order valence-corrected chi connectivity index (χ1v) is 9.51. The summed E-state index contributed by atoms with van der Waals surface area (Å²) < 4.78 is 17.5. The van der Waals surface area contributed by atoms with Crippen molar-refractivity contribution >= 4 is 0 Å². The van der Waals surface area contributed by atoms with E-state index in [1.54, 1.807) is 0 Å². The van der Waals surface area contributed by atoms with Crippen LogP contribution in [0.1, 0.15) is 50.1 Å². The second kappa shape index (κ2) is 7.42. The van der Waals surface area contributed by atoms with Gasteiger partial charge in [-0.2, -0.15) is 0 Å². The van der Waals surface area contributed by atoms with Crippen molar-refractivity contribution in [1.29, 1.82) is 0 Å². The maximum atomic E-state index is 6.31. The van der Waals surface area contributed by atoms with Crippen LogP contribution in [0, 0.1) is 5.92 Å². The molecule has 0 amide bonds. The molecule has 0 unspecified atom stereocenters. The Morgan fingerprint density at radius 3 is 2.96 bits per heavy atom. The van der Waals surface area contributed by atoms with E-state index in [1.807, 2.05) is 0 Å². The molecule has 1 aliphatic carbocycles. The zero-order valence-electron chi connectivity index (χ0n) is 14.5. The van der Waals surface area contributed by atoms with Gasteiger partial charge in [0, 0.05) is 37.2 Å². The predicted octanol–water partition coefficient (Wildman–Crippen LogP) is 3.47. The van der Waals surface area contributed by atoms with Crippen molar-refractivity contribution in [3.8, 4) is 5.75 Å². The third-order valence-electron chi connectivity index (χ3n) is 5.70. The molecule has 1 spiro atoms. The van der Waals surface area contributed by atoms with Crippen LogP contribution in [0.2, 0.25) is 0 Å². The van der Waals surface area contributed by atoms with Gasteiger partial charge in [-0.15, -0.1) is 0 Å². The maximum Gasteiger partial charge on any atom is 0.124 e. The van der Waals surface area contributed by atoms with Gasteiger partial charge < -0.3 is 19.5 Å². The van der Waals surface area contributed by atoms with Crippen molar-refractivity contribution < 1.29 is 14.2 Å². The summed E-state index contributed by atoms with van der Waals surface area (Å²) in [5, 5.41) is 3.74. The molecule has 4 rings (SSSR count). The number of para-hydroxylation sites is 1. The molecule has 2 heterocycles. The Hall–Kier alpha value is -1.10. The Morgan fingerprint density at radius 2 is 2.17 bits per heavy atom. The molecule has 0 radical (unpaired) electrons. The Morgan fingerprint density at radius 1 is 1.25 bits per heavy atom. The van der Waals surface area contributed by atoms with Gasteiger partial charge in [0.1, 0.15) is 11.4 Å². The van der Waals surface area contributed by atoms with Gasteiger partial charge in [-0.3, -0.25) is 0 Å². The van der Waals surface area contributed by atoms with Crippen molar-refractivity contribution in [2.24, 2.45) is 5.92 Å². The summed E-state index contributed by atoms with van der Waals surface area (Å²) in [6.07, 6.45) is 7.01. The molecular weight excluding hydrogens is 302 g/mol. The number of hydrogen-bond acceptors (Lipinski definition) is 4. The van der Waals surface area contributed by atoms with Gasteiger partial charge in [-0.25, -0.2) is 0 Å². The number of hydrogen-bond donors (Lipinski definition) is 1. The van der Waals surface area contributed by atoms with E-state index >= 15 is 0 Å². The second-order valence-electron chi connectivity index (χ2n) is 7.55. The first-order chi connectivity index (χ1) is 11.8. The standard InChI is InChI=1S/C20H29NO3/c1-2-6-19-17(5-1)18(13-20(24-19)8-3-9-20)21-10-4-11-22-14-16-7-12-23-15-16/h1-2,5-6,16,18,21H,3-4,7-15H2/t16-,18-/m1/s1. The van der Waals surface area contributed by atoms with Gasteiger partial charge in [0.15, 0.2) is 0 Å². The average Bonchev–Trinajstić information content (AvgIpc) is 3.09. The summed E-state index contributed by atoms with van der Waals surface area (Å²) in [6.45, 7) is 4.46. The topological polar surface area (TPSA) is 39.7 Å². The molecule has 1 aromatic carbocycles. The molecule has 4 nitrogen and oxygen atoms in total. The van der Waals surface area contributed by atoms with E-state index in [9.17, 15) is 0 Å². The summed E-state index contributed by atoms with van der Waals surface area (Å²) in [4.78, 5) is 0. The number of rotatable bonds is 7. The van der Waals surface area contributed by atoms with E-state index in [2.05, 4.69) is 29.6 Å². The molecule has 2 fully saturated rings. The van der Waals surface area contributed by atoms with E-state index in [-0.39, 0.29) is 5.60 Å². The Labute approximate surface area is 144 Å². The molecule has 1 aromatic rings. The van der Waals surface area contributed by atoms with E-state index in [4.69, 9.17) is 14.2 Å². The predicted molar refractivity (Wildman–Crippen MR) is 93.4 cm³/mol. The molecule has 132 valence electrons. The lowest BCUT2D eigenvalue weighted by Crippen LogP contribution is -2.49.